The van der Waals surface area contributed by atoms with Gasteiger partial charge >= 0.3 is 0 Å². The van der Waals surface area contributed by atoms with Crippen LogP contribution >= 0.6 is 15.9 Å². The van der Waals surface area contributed by atoms with E-state index in [1.807, 2.05) is 6.07 Å². The Labute approximate surface area is 131 Å². The van der Waals surface area contributed by atoms with Crippen molar-refractivity contribution in [1.82, 2.24) is 15.0 Å². The zero-order chi connectivity index (χ0) is 14.6. The summed E-state index contributed by atoms with van der Waals surface area (Å²) in [6.07, 6.45) is 7.67. The average molecular weight is 348 g/mol. The summed E-state index contributed by atoms with van der Waals surface area (Å²) in [5, 5.41) is 0. The van der Waals surface area contributed by atoms with Crippen LogP contribution in [-0.2, 0) is 0 Å². The summed E-state index contributed by atoms with van der Waals surface area (Å²) >= 11 is 3.32. The number of nitrogens with zero attached hydrogens (tertiary/aromatic N) is 2. The predicted octanol–water partition coefficient (Wildman–Crippen LogP) is 4.12. The molecule has 110 valence electrons. The molecular weight excluding hydrogens is 330 g/mol. The SMILES string of the molecule is CC1(C(=O)c2cc3nc(Br)cnc3[nH]2)C[C@H]2CCC[C@H]2C1. The fourth-order valence-electron chi connectivity index (χ4n) is 4.40. The van der Waals surface area contributed by atoms with Crippen LogP contribution in [0.3, 0.4) is 0 Å². The standard InChI is InChI=1S/C16H18BrN3O/c1-16(6-9-3-2-4-10(9)7-16)14(21)11-5-12-15(20-11)18-8-13(17)19-12/h5,8-10H,2-4,6-7H2,1H3,(H,18,20)/t9-,10+,16?. The van der Waals surface area contributed by atoms with Crippen LogP contribution in [-0.4, -0.2) is 20.7 Å². The van der Waals surface area contributed by atoms with Gasteiger partial charge in [0.05, 0.1) is 11.9 Å². The summed E-state index contributed by atoms with van der Waals surface area (Å²) in [6.45, 7) is 2.13. The van der Waals surface area contributed by atoms with Crippen molar-refractivity contribution in [2.75, 3.05) is 0 Å². The highest BCUT2D eigenvalue weighted by atomic mass is 79.9. The van der Waals surface area contributed by atoms with Crippen molar-refractivity contribution in [3.63, 3.8) is 0 Å². The van der Waals surface area contributed by atoms with Gasteiger partial charge in [0.1, 0.15) is 10.1 Å². The smallest absolute Gasteiger partial charge is 0.184 e. The van der Waals surface area contributed by atoms with Gasteiger partial charge in [0, 0.05) is 5.41 Å². The van der Waals surface area contributed by atoms with Gasteiger partial charge in [-0.05, 0) is 46.7 Å². The second-order valence-electron chi connectivity index (χ2n) is 6.86. The lowest BCUT2D eigenvalue weighted by molar-refractivity contribution is 0.0806. The van der Waals surface area contributed by atoms with Crippen LogP contribution in [0.25, 0.3) is 11.2 Å². The molecule has 0 amide bonds. The van der Waals surface area contributed by atoms with Crippen LogP contribution in [0.1, 0.15) is 49.5 Å². The topological polar surface area (TPSA) is 58.6 Å². The summed E-state index contributed by atoms with van der Waals surface area (Å²) in [7, 11) is 0. The van der Waals surface area contributed by atoms with Crippen molar-refractivity contribution in [2.24, 2.45) is 17.3 Å². The molecule has 0 aliphatic heterocycles. The van der Waals surface area contributed by atoms with E-state index in [1.165, 1.54) is 19.3 Å². The first kappa shape index (κ1) is 13.4. The average Bonchev–Trinajstić information content (AvgIpc) is 3.10. The van der Waals surface area contributed by atoms with Gasteiger partial charge in [-0.1, -0.05) is 26.2 Å². The summed E-state index contributed by atoms with van der Waals surface area (Å²) in [5.41, 5.74) is 1.87. The molecule has 2 saturated carbocycles. The third kappa shape index (κ3) is 2.13. The van der Waals surface area contributed by atoms with Gasteiger partial charge in [-0.2, -0.15) is 0 Å². The van der Waals surface area contributed by atoms with E-state index in [1.54, 1.807) is 6.20 Å². The maximum Gasteiger partial charge on any atom is 0.184 e. The summed E-state index contributed by atoms with van der Waals surface area (Å²) in [6, 6.07) is 1.84. The van der Waals surface area contributed by atoms with Crippen LogP contribution in [0.5, 0.6) is 0 Å². The maximum absolute atomic E-state index is 13.0. The molecule has 0 saturated heterocycles. The van der Waals surface area contributed by atoms with Crippen molar-refractivity contribution in [2.45, 2.75) is 39.0 Å². The second kappa shape index (κ2) is 4.63. The minimum Gasteiger partial charge on any atom is -0.335 e. The number of aromatic nitrogens is 3. The van der Waals surface area contributed by atoms with Gasteiger partial charge in [0.15, 0.2) is 11.4 Å². The molecule has 2 heterocycles. The molecule has 2 fully saturated rings. The molecule has 2 aliphatic carbocycles. The molecule has 0 bridgehead atoms. The number of hydrogen-bond donors (Lipinski definition) is 1. The van der Waals surface area contributed by atoms with Gasteiger partial charge in [0.25, 0.3) is 0 Å². The highest BCUT2D eigenvalue weighted by Crippen LogP contribution is 2.53. The Kier molecular flexibility index (Phi) is 2.96. The fourth-order valence-corrected chi connectivity index (χ4v) is 4.70. The molecule has 0 spiro atoms. The van der Waals surface area contributed by atoms with E-state index in [2.05, 4.69) is 37.8 Å². The van der Waals surface area contributed by atoms with Gasteiger partial charge < -0.3 is 4.98 Å². The number of halogens is 1. The molecule has 3 atom stereocenters. The number of fused-ring (bicyclic) bond motifs is 2. The molecule has 21 heavy (non-hydrogen) atoms. The predicted molar refractivity (Wildman–Crippen MR) is 84.1 cm³/mol. The molecule has 2 aromatic heterocycles. The van der Waals surface area contributed by atoms with Crippen molar-refractivity contribution < 1.29 is 4.79 Å². The molecule has 1 N–H and O–H groups in total. The molecule has 4 nitrogen and oxygen atoms in total. The number of carbonyl (C=O) groups excluding carboxylic acids is 1. The largest absolute Gasteiger partial charge is 0.335 e. The Morgan fingerprint density at radius 2 is 2.10 bits per heavy atom. The van der Waals surface area contributed by atoms with Crippen LogP contribution in [0.15, 0.2) is 16.9 Å². The molecule has 4 rings (SSSR count). The molecular formula is C16H18BrN3O. The van der Waals surface area contributed by atoms with Crippen LogP contribution in [0, 0.1) is 17.3 Å². The lowest BCUT2D eigenvalue weighted by atomic mass is 9.80. The summed E-state index contributed by atoms with van der Waals surface area (Å²) < 4.78 is 0.689. The molecule has 2 aromatic rings. The van der Waals surface area contributed by atoms with Crippen molar-refractivity contribution in [1.29, 1.82) is 0 Å². The maximum atomic E-state index is 13.0. The van der Waals surface area contributed by atoms with Gasteiger partial charge in [-0.15, -0.1) is 0 Å². The molecule has 2 aliphatic rings. The van der Waals surface area contributed by atoms with Crippen molar-refractivity contribution in [3.8, 4) is 0 Å². The highest BCUT2D eigenvalue weighted by molar-refractivity contribution is 9.10. The first-order chi connectivity index (χ1) is 10.0. The highest BCUT2D eigenvalue weighted by Gasteiger charge is 2.48. The fraction of sp³-hybridized carbons (Fsp3) is 0.562. The Hall–Kier alpha value is -1.23. The van der Waals surface area contributed by atoms with E-state index in [-0.39, 0.29) is 11.2 Å². The Balaban J connectivity index is 1.66. The van der Waals surface area contributed by atoms with Crippen LogP contribution in [0.4, 0.5) is 0 Å². The van der Waals surface area contributed by atoms with E-state index in [4.69, 9.17) is 0 Å². The van der Waals surface area contributed by atoms with Crippen LogP contribution < -0.4 is 0 Å². The van der Waals surface area contributed by atoms with E-state index in [0.717, 1.165) is 30.2 Å². The normalized spacial score (nSPS) is 31.7. The molecule has 0 radical (unpaired) electrons. The van der Waals surface area contributed by atoms with E-state index in [0.29, 0.717) is 15.9 Å². The number of rotatable bonds is 2. The molecule has 0 aromatic carbocycles. The van der Waals surface area contributed by atoms with E-state index >= 15 is 0 Å². The van der Waals surface area contributed by atoms with Crippen LogP contribution in [0.2, 0.25) is 0 Å². The van der Waals surface area contributed by atoms with E-state index < -0.39 is 0 Å². The number of Topliss-reactive ketones (excluding diaryl/α,β-unsaturated/α-hetero) is 1. The number of carbonyl (C=O) groups is 1. The number of hydrogen-bond acceptors (Lipinski definition) is 3. The van der Waals surface area contributed by atoms with Gasteiger partial charge in [0.2, 0.25) is 0 Å². The lowest BCUT2D eigenvalue weighted by Gasteiger charge is -2.22. The number of aromatic amines is 1. The Morgan fingerprint density at radius 1 is 1.38 bits per heavy atom. The lowest BCUT2D eigenvalue weighted by Crippen LogP contribution is -2.26. The third-order valence-corrected chi connectivity index (χ3v) is 5.72. The molecule has 5 heteroatoms. The third-order valence-electron chi connectivity index (χ3n) is 5.34. The number of nitrogens with one attached hydrogen (secondary N) is 1. The molecule has 1 unspecified atom stereocenters. The monoisotopic (exact) mass is 347 g/mol. The summed E-state index contributed by atoms with van der Waals surface area (Å²) in [5.74, 6) is 1.75. The Morgan fingerprint density at radius 3 is 2.81 bits per heavy atom. The Bertz CT molecular complexity index is 711. The van der Waals surface area contributed by atoms with Gasteiger partial charge in [-0.25, -0.2) is 9.97 Å². The second-order valence-corrected chi connectivity index (χ2v) is 7.67. The quantitative estimate of drug-likeness (QED) is 0.831. The minimum absolute atomic E-state index is 0.214. The first-order valence-corrected chi connectivity index (χ1v) is 8.40. The summed E-state index contributed by atoms with van der Waals surface area (Å²) in [4.78, 5) is 24.7. The minimum atomic E-state index is -0.214. The zero-order valence-electron chi connectivity index (χ0n) is 12.0. The number of ketones is 1. The van der Waals surface area contributed by atoms with Gasteiger partial charge in [-0.3, -0.25) is 4.79 Å². The van der Waals surface area contributed by atoms with Crippen molar-refractivity contribution >= 4 is 32.9 Å². The zero-order valence-corrected chi connectivity index (χ0v) is 13.6. The van der Waals surface area contributed by atoms with E-state index in [9.17, 15) is 4.79 Å². The first-order valence-electron chi connectivity index (χ1n) is 7.61. The van der Waals surface area contributed by atoms with Crippen molar-refractivity contribution in [3.05, 3.63) is 22.6 Å². The number of H-pyrrole nitrogens is 1.